The molecule has 0 aromatic carbocycles. The van der Waals surface area contributed by atoms with E-state index in [1.807, 2.05) is 20.8 Å². The van der Waals surface area contributed by atoms with Gasteiger partial charge in [0.15, 0.2) is 5.78 Å². The number of hydrogen-bond donors (Lipinski definition) is 2. The Morgan fingerprint density at radius 2 is 1.68 bits per heavy atom. The van der Waals surface area contributed by atoms with Crippen LogP contribution in [0.3, 0.4) is 0 Å². The average Bonchev–Trinajstić information content (AvgIpc) is 2.44. The topological polar surface area (TPSA) is 66.4 Å². The normalized spacial score (nSPS) is 16.2. The number of ketones is 1. The van der Waals surface area contributed by atoms with Crippen LogP contribution in [-0.2, 0) is 9.59 Å². The van der Waals surface area contributed by atoms with Crippen LogP contribution < -0.4 is 5.32 Å². The van der Waals surface area contributed by atoms with Gasteiger partial charge in [0.1, 0.15) is 5.03 Å². The van der Waals surface area contributed by atoms with Gasteiger partial charge in [-0.25, -0.2) is 0 Å². The SMILES string of the molecule is C#C/C(=C(\NC(=O)C(Cl)=C(C)C(C)O)C(C)=O)C(C)C(C)C. The first-order valence-electron chi connectivity index (χ1n) is 7.11. The van der Waals surface area contributed by atoms with Crippen LogP contribution in [0.1, 0.15) is 41.5 Å². The lowest BCUT2D eigenvalue weighted by Crippen LogP contribution is -2.30. The maximum atomic E-state index is 12.1. The number of terminal acetylenes is 1. The number of hydrogen-bond acceptors (Lipinski definition) is 3. The van der Waals surface area contributed by atoms with Gasteiger partial charge >= 0.3 is 0 Å². The van der Waals surface area contributed by atoms with Crippen molar-refractivity contribution in [1.82, 2.24) is 5.32 Å². The number of allylic oxidation sites excluding steroid dienone is 2. The molecule has 0 radical (unpaired) electrons. The van der Waals surface area contributed by atoms with Crippen LogP contribution in [0.4, 0.5) is 0 Å². The molecule has 0 rings (SSSR count). The summed E-state index contributed by atoms with van der Waals surface area (Å²) in [5.74, 6) is 1.64. The van der Waals surface area contributed by atoms with Crippen LogP contribution >= 0.6 is 11.6 Å². The summed E-state index contributed by atoms with van der Waals surface area (Å²) in [5, 5.41) is 11.8. The van der Waals surface area contributed by atoms with Crippen molar-refractivity contribution in [1.29, 1.82) is 0 Å². The smallest absolute Gasteiger partial charge is 0.267 e. The molecule has 2 unspecified atom stereocenters. The summed E-state index contributed by atoms with van der Waals surface area (Å²) in [6.45, 7) is 10.2. The molecule has 0 fully saturated rings. The predicted octanol–water partition coefficient (Wildman–Crippen LogP) is 2.76. The molecule has 0 bridgehead atoms. The predicted molar refractivity (Wildman–Crippen MR) is 88.9 cm³/mol. The van der Waals surface area contributed by atoms with E-state index < -0.39 is 12.0 Å². The van der Waals surface area contributed by atoms with E-state index in [2.05, 4.69) is 11.2 Å². The van der Waals surface area contributed by atoms with Crippen molar-refractivity contribution in [3.63, 3.8) is 0 Å². The van der Waals surface area contributed by atoms with Crippen molar-refractivity contribution in [2.24, 2.45) is 11.8 Å². The molecule has 1 amide bonds. The van der Waals surface area contributed by atoms with E-state index in [0.29, 0.717) is 11.1 Å². The minimum Gasteiger partial charge on any atom is -0.389 e. The van der Waals surface area contributed by atoms with Crippen molar-refractivity contribution in [3.8, 4) is 12.3 Å². The standard InChI is InChI=1S/C17H24ClNO3/c1-8-14(10(4)9(2)3)16(13(7)21)19-17(22)15(18)11(5)12(6)20/h1,9-10,12,20H,2-7H3,(H,19,22)/b15-11?,16-14+. The lowest BCUT2D eigenvalue weighted by atomic mass is 9.88. The molecule has 0 aromatic rings. The lowest BCUT2D eigenvalue weighted by Gasteiger charge is -2.19. The summed E-state index contributed by atoms with van der Waals surface area (Å²) in [5.41, 5.74) is 0.835. The summed E-state index contributed by atoms with van der Waals surface area (Å²) in [6.07, 6.45) is 4.66. The molecule has 0 aliphatic carbocycles. The maximum Gasteiger partial charge on any atom is 0.267 e. The van der Waals surface area contributed by atoms with Gasteiger partial charge in [-0.15, -0.1) is 6.42 Å². The molecule has 122 valence electrons. The third kappa shape index (κ3) is 5.32. The Morgan fingerprint density at radius 1 is 1.18 bits per heavy atom. The summed E-state index contributed by atoms with van der Waals surface area (Å²) in [4.78, 5) is 24.0. The van der Waals surface area contributed by atoms with Gasteiger partial charge in [0, 0.05) is 12.5 Å². The highest BCUT2D eigenvalue weighted by Crippen LogP contribution is 2.22. The van der Waals surface area contributed by atoms with Crippen LogP contribution in [0.25, 0.3) is 0 Å². The number of amides is 1. The Hall–Kier alpha value is -1.57. The monoisotopic (exact) mass is 325 g/mol. The summed E-state index contributed by atoms with van der Waals surface area (Å²) < 4.78 is 0. The van der Waals surface area contributed by atoms with Crippen LogP contribution in [-0.4, -0.2) is 22.9 Å². The van der Waals surface area contributed by atoms with E-state index in [4.69, 9.17) is 18.0 Å². The van der Waals surface area contributed by atoms with Crippen LogP contribution in [0, 0.1) is 24.2 Å². The molecule has 0 aliphatic heterocycles. The first-order valence-corrected chi connectivity index (χ1v) is 7.49. The lowest BCUT2D eigenvalue weighted by molar-refractivity contribution is -0.119. The number of nitrogens with one attached hydrogen (secondary N) is 1. The van der Waals surface area contributed by atoms with Crippen molar-refractivity contribution >= 4 is 23.3 Å². The maximum absolute atomic E-state index is 12.1. The number of carbonyl (C=O) groups is 2. The van der Waals surface area contributed by atoms with E-state index in [1.54, 1.807) is 6.92 Å². The number of carbonyl (C=O) groups excluding carboxylic acids is 2. The second-order valence-corrected chi connectivity index (χ2v) is 6.03. The fourth-order valence-corrected chi connectivity index (χ4v) is 1.85. The van der Waals surface area contributed by atoms with Crippen molar-refractivity contribution in [3.05, 3.63) is 21.9 Å². The molecule has 22 heavy (non-hydrogen) atoms. The Morgan fingerprint density at radius 3 is 2.00 bits per heavy atom. The molecule has 0 saturated heterocycles. The van der Waals surface area contributed by atoms with E-state index >= 15 is 0 Å². The van der Waals surface area contributed by atoms with Gasteiger partial charge in [-0.1, -0.05) is 38.3 Å². The Kier molecular flexibility index (Phi) is 8.15. The zero-order valence-corrected chi connectivity index (χ0v) is 14.7. The fourth-order valence-electron chi connectivity index (χ4n) is 1.64. The highest BCUT2D eigenvalue weighted by Gasteiger charge is 2.22. The van der Waals surface area contributed by atoms with Crippen LogP contribution in [0.5, 0.6) is 0 Å². The Balaban J connectivity index is 5.76. The molecule has 0 spiro atoms. The van der Waals surface area contributed by atoms with Gasteiger partial charge in [-0.2, -0.15) is 0 Å². The van der Waals surface area contributed by atoms with E-state index in [1.165, 1.54) is 13.8 Å². The molecule has 2 atom stereocenters. The molecule has 0 heterocycles. The van der Waals surface area contributed by atoms with Gasteiger partial charge in [0.05, 0.1) is 11.8 Å². The average molecular weight is 326 g/mol. The minimum atomic E-state index is -0.857. The summed E-state index contributed by atoms with van der Waals surface area (Å²) in [6, 6.07) is 0. The van der Waals surface area contributed by atoms with Gasteiger partial charge in [0.2, 0.25) is 0 Å². The summed E-state index contributed by atoms with van der Waals surface area (Å²) in [7, 11) is 0. The summed E-state index contributed by atoms with van der Waals surface area (Å²) >= 11 is 5.94. The number of aliphatic hydroxyl groups excluding tert-OH is 1. The molecule has 0 aliphatic rings. The largest absolute Gasteiger partial charge is 0.389 e. The molecule has 0 aromatic heterocycles. The molecule has 5 heteroatoms. The fraction of sp³-hybridized carbons (Fsp3) is 0.529. The van der Waals surface area contributed by atoms with Crippen LogP contribution in [0.2, 0.25) is 0 Å². The van der Waals surface area contributed by atoms with Gasteiger partial charge in [-0.05, 0) is 31.3 Å². The van der Waals surface area contributed by atoms with Gasteiger partial charge in [0.25, 0.3) is 5.91 Å². The van der Waals surface area contributed by atoms with E-state index in [-0.39, 0.29) is 28.3 Å². The van der Waals surface area contributed by atoms with Crippen LogP contribution in [0.15, 0.2) is 21.9 Å². The zero-order chi connectivity index (χ0) is 17.6. The molecular formula is C17H24ClNO3. The molecular weight excluding hydrogens is 302 g/mol. The first-order chi connectivity index (χ1) is 10.0. The quantitative estimate of drug-likeness (QED) is 0.583. The number of Topliss-reactive ketones (excluding diaryl/α,β-unsaturated/α-hetero) is 1. The molecule has 0 saturated carbocycles. The Bertz CT molecular complexity index is 551. The zero-order valence-electron chi connectivity index (χ0n) is 14.0. The molecule has 4 nitrogen and oxygen atoms in total. The van der Waals surface area contributed by atoms with Gasteiger partial charge in [-0.3, -0.25) is 9.59 Å². The third-order valence-electron chi connectivity index (χ3n) is 3.64. The highest BCUT2D eigenvalue weighted by atomic mass is 35.5. The minimum absolute atomic E-state index is 0.0650. The number of aliphatic hydroxyl groups is 1. The second-order valence-electron chi connectivity index (χ2n) is 5.65. The van der Waals surface area contributed by atoms with E-state index in [0.717, 1.165) is 0 Å². The number of rotatable bonds is 6. The van der Waals surface area contributed by atoms with Crippen molar-refractivity contribution in [2.45, 2.75) is 47.6 Å². The van der Waals surface area contributed by atoms with Crippen molar-refractivity contribution in [2.75, 3.05) is 0 Å². The van der Waals surface area contributed by atoms with Gasteiger partial charge < -0.3 is 10.4 Å². The molecule has 2 N–H and O–H groups in total. The van der Waals surface area contributed by atoms with Crippen molar-refractivity contribution < 1.29 is 14.7 Å². The van der Waals surface area contributed by atoms with E-state index in [9.17, 15) is 14.7 Å². The Labute approximate surface area is 137 Å². The second kappa shape index (κ2) is 8.77. The first kappa shape index (κ1) is 20.4. The third-order valence-corrected chi connectivity index (χ3v) is 4.11. The number of halogens is 1. The highest BCUT2D eigenvalue weighted by molar-refractivity contribution is 6.42.